The zero-order chi connectivity index (χ0) is 18.5. The molecule has 0 bridgehead atoms. The van der Waals surface area contributed by atoms with E-state index in [4.69, 9.17) is 0 Å². The van der Waals surface area contributed by atoms with Crippen LogP contribution in [0.3, 0.4) is 0 Å². The molecule has 2 heterocycles. The standard InChI is InChI=1S/C21H19N3OS2/c25-20(22-12-11-17-4-3-13-26-17)16-9-7-15(8-10-16)14-27-21-23-18-5-1-2-6-19(18)24-21/h1-10,13H,11-12,14H2,(H,22,25)(H,23,24). The fraction of sp³-hybridized carbons (Fsp3) is 0.143. The molecular weight excluding hydrogens is 374 g/mol. The van der Waals surface area contributed by atoms with E-state index in [-0.39, 0.29) is 5.91 Å². The van der Waals surface area contributed by atoms with Crippen molar-refractivity contribution in [1.82, 2.24) is 15.3 Å². The molecule has 0 saturated carbocycles. The Morgan fingerprint density at radius 3 is 2.70 bits per heavy atom. The number of aromatic nitrogens is 2. The van der Waals surface area contributed by atoms with E-state index >= 15 is 0 Å². The molecule has 4 rings (SSSR count). The van der Waals surface area contributed by atoms with Gasteiger partial charge in [-0.1, -0.05) is 42.1 Å². The Morgan fingerprint density at radius 2 is 1.93 bits per heavy atom. The van der Waals surface area contributed by atoms with Crippen LogP contribution in [0.25, 0.3) is 11.0 Å². The minimum Gasteiger partial charge on any atom is -0.352 e. The number of carbonyl (C=O) groups excluding carboxylic acids is 1. The van der Waals surface area contributed by atoms with Crippen molar-refractivity contribution in [3.05, 3.63) is 82.0 Å². The third kappa shape index (κ3) is 4.59. The van der Waals surface area contributed by atoms with Gasteiger partial charge in [0.05, 0.1) is 11.0 Å². The van der Waals surface area contributed by atoms with Gasteiger partial charge in [0, 0.05) is 22.7 Å². The van der Waals surface area contributed by atoms with Crippen LogP contribution in [0, 0.1) is 0 Å². The van der Waals surface area contributed by atoms with E-state index in [1.807, 2.05) is 54.6 Å². The number of imidazole rings is 1. The molecular formula is C21H19N3OS2. The first kappa shape index (κ1) is 17.8. The van der Waals surface area contributed by atoms with Gasteiger partial charge in [-0.2, -0.15) is 0 Å². The van der Waals surface area contributed by atoms with Crippen LogP contribution in [-0.4, -0.2) is 22.4 Å². The Labute approximate surface area is 166 Å². The second kappa shape index (κ2) is 8.41. The lowest BCUT2D eigenvalue weighted by molar-refractivity contribution is 0.0954. The van der Waals surface area contributed by atoms with Gasteiger partial charge in [0.15, 0.2) is 5.16 Å². The second-order valence-corrected chi connectivity index (χ2v) is 8.13. The van der Waals surface area contributed by atoms with Crippen LogP contribution in [0.5, 0.6) is 0 Å². The van der Waals surface area contributed by atoms with Crippen molar-refractivity contribution in [2.24, 2.45) is 0 Å². The summed E-state index contributed by atoms with van der Waals surface area (Å²) in [5.41, 5.74) is 3.89. The van der Waals surface area contributed by atoms with E-state index in [0.717, 1.165) is 33.9 Å². The highest BCUT2D eigenvalue weighted by Gasteiger charge is 2.07. The number of H-pyrrole nitrogens is 1. The Bertz CT molecular complexity index is 990. The number of hydrogen-bond acceptors (Lipinski definition) is 4. The maximum Gasteiger partial charge on any atom is 0.251 e. The molecule has 0 atom stereocenters. The number of nitrogens with zero attached hydrogens (tertiary/aromatic N) is 1. The number of fused-ring (bicyclic) bond motifs is 1. The number of thiophene rings is 1. The summed E-state index contributed by atoms with van der Waals surface area (Å²) in [6.07, 6.45) is 0.871. The van der Waals surface area contributed by atoms with E-state index in [1.54, 1.807) is 23.1 Å². The number of carbonyl (C=O) groups is 1. The minimum atomic E-state index is -0.0250. The molecule has 0 spiro atoms. The third-order valence-corrected chi connectivity index (χ3v) is 6.08. The number of rotatable bonds is 7. The molecule has 0 aliphatic carbocycles. The molecule has 4 nitrogen and oxygen atoms in total. The molecule has 0 saturated heterocycles. The number of thioether (sulfide) groups is 1. The quantitative estimate of drug-likeness (QED) is 0.440. The Morgan fingerprint density at radius 1 is 1.07 bits per heavy atom. The lowest BCUT2D eigenvalue weighted by Gasteiger charge is -2.05. The molecule has 0 unspecified atom stereocenters. The first-order chi connectivity index (χ1) is 13.3. The predicted octanol–water partition coefficient (Wildman–Crippen LogP) is 4.89. The van der Waals surface area contributed by atoms with Gasteiger partial charge >= 0.3 is 0 Å². The molecule has 2 aromatic carbocycles. The first-order valence-electron chi connectivity index (χ1n) is 8.75. The van der Waals surface area contributed by atoms with Crippen LogP contribution in [0.1, 0.15) is 20.8 Å². The van der Waals surface area contributed by atoms with Crippen LogP contribution in [0.4, 0.5) is 0 Å². The van der Waals surface area contributed by atoms with Crippen LogP contribution >= 0.6 is 23.1 Å². The SMILES string of the molecule is O=C(NCCc1cccs1)c1ccc(CSc2nc3ccccc3[nH]2)cc1. The van der Waals surface area contributed by atoms with Crippen molar-refractivity contribution in [1.29, 1.82) is 0 Å². The number of benzene rings is 2. The number of nitrogens with one attached hydrogen (secondary N) is 2. The highest BCUT2D eigenvalue weighted by Crippen LogP contribution is 2.23. The summed E-state index contributed by atoms with van der Waals surface area (Å²) in [4.78, 5) is 21.4. The zero-order valence-electron chi connectivity index (χ0n) is 14.6. The van der Waals surface area contributed by atoms with Crippen molar-refractivity contribution >= 4 is 40.0 Å². The lowest BCUT2D eigenvalue weighted by atomic mass is 10.1. The number of aromatic amines is 1. The molecule has 27 heavy (non-hydrogen) atoms. The van der Waals surface area contributed by atoms with Gasteiger partial charge in [-0.05, 0) is 47.7 Å². The lowest BCUT2D eigenvalue weighted by Crippen LogP contribution is -2.25. The fourth-order valence-electron chi connectivity index (χ4n) is 2.76. The highest BCUT2D eigenvalue weighted by molar-refractivity contribution is 7.98. The van der Waals surface area contributed by atoms with Crippen molar-refractivity contribution < 1.29 is 4.79 Å². The molecule has 4 aromatic rings. The van der Waals surface area contributed by atoms with Crippen LogP contribution < -0.4 is 5.32 Å². The van der Waals surface area contributed by atoms with E-state index in [2.05, 4.69) is 26.7 Å². The molecule has 0 aliphatic heterocycles. The van der Waals surface area contributed by atoms with Crippen molar-refractivity contribution in [3.63, 3.8) is 0 Å². The summed E-state index contributed by atoms with van der Waals surface area (Å²) in [6.45, 7) is 0.656. The molecule has 2 N–H and O–H groups in total. The van der Waals surface area contributed by atoms with Crippen molar-refractivity contribution in [2.75, 3.05) is 6.54 Å². The van der Waals surface area contributed by atoms with Crippen LogP contribution in [0.2, 0.25) is 0 Å². The van der Waals surface area contributed by atoms with Gasteiger partial charge in [-0.25, -0.2) is 4.98 Å². The van der Waals surface area contributed by atoms with Crippen LogP contribution in [-0.2, 0) is 12.2 Å². The summed E-state index contributed by atoms with van der Waals surface area (Å²) in [5.74, 6) is 0.781. The van der Waals surface area contributed by atoms with E-state index < -0.39 is 0 Å². The van der Waals surface area contributed by atoms with Gasteiger partial charge in [0.2, 0.25) is 0 Å². The molecule has 136 valence electrons. The van der Waals surface area contributed by atoms with E-state index in [0.29, 0.717) is 12.1 Å². The molecule has 1 amide bonds. The maximum atomic E-state index is 12.2. The molecule has 6 heteroatoms. The number of amides is 1. The summed E-state index contributed by atoms with van der Waals surface area (Å²) >= 11 is 3.38. The molecule has 2 aromatic heterocycles. The summed E-state index contributed by atoms with van der Waals surface area (Å²) < 4.78 is 0. The Balaban J connectivity index is 1.29. The first-order valence-corrected chi connectivity index (χ1v) is 10.6. The third-order valence-electron chi connectivity index (χ3n) is 4.20. The second-order valence-electron chi connectivity index (χ2n) is 6.13. The summed E-state index contributed by atoms with van der Waals surface area (Å²) in [6, 6.07) is 19.9. The zero-order valence-corrected chi connectivity index (χ0v) is 16.3. The van der Waals surface area contributed by atoms with E-state index in [9.17, 15) is 4.79 Å². The van der Waals surface area contributed by atoms with Crippen molar-refractivity contribution in [2.45, 2.75) is 17.3 Å². The summed E-state index contributed by atoms with van der Waals surface area (Å²) in [7, 11) is 0. The topological polar surface area (TPSA) is 57.8 Å². The minimum absolute atomic E-state index is 0.0250. The maximum absolute atomic E-state index is 12.2. The summed E-state index contributed by atoms with van der Waals surface area (Å²) in [5, 5.41) is 5.94. The van der Waals surface area contributed by atoms with Gasteiger partial charge in [0.1, 0.15) is 0 Å². The van der Waals surface area contributed by atoms with Gasteiger partial charge < -0.3 is 10.3 Å². The van der Waals surface area contributed by atoms with Crippen molar-refractivity contribution in [3.8, 4) is 0 Å². The van der Waals surface area contributed by atoms with E-state index in [1.165, 1.54) is 4.88 Å². The monoisotopic (exact) mass is 393 g/mol. The van der Waals surface area contributed by atoms with Crippen LogP contribution in [0.15, 0.2) is 71.2 Å². The largest absolute Gasteiger partial charge is 0.352 e. The van der Waals surface area contributed by atoms with Gasteiger partial charge in [-0.15, -0.1) is 11.3 Å². The highest BCUT2D eigenvalue weighted by atomic mass is 32.2. The fourth-order valence-corrected chi connectivity index (χ4v) is 4.31. The average molecular weight is 394 g/mol. The predicted molar refractivity (Wildman–Crippen MR) is 112 cm³/mol. The molecule has 0 radical (unpaired) electrons. The smallest absolute Gasteiger partial charge is 0.251 e. The van der Waals surface area contributed by atoms with Gasteiger partial charge in [0.25, 0.3) is 5.91 Å². The number of hydrogen-bond donors (Lipinski definition) is 2. The molecule has 0 fully saturated rings. The molecule has 0 aliphatic rings. The number of para-hydroxylation sites is 2. The average Bonchev–Trinajstić information content (AvgIpc) is 3.36. The normalized spacial score (nSPS) is 11.0. The Kier molecular flexibility index (Phi) is 5.55. The Hall–Kier alpha value is -2.57. The van der Waals surface area contributed by atoms with Gasteiger partial charge in [-0.3, -0.25) is 4.79 Å².